The molecular weight excluding hydrogens is 506 g/mol. The summed E-state index contributed by atoms with van der Waals surface area (Å²) in [6.45, 7) is 2.41. The number of morpholine rings is 1. The van der Waals surface area contributed by atoms with E-state index in [1.54, 1.807) is 35.4 Å². The molecule has 10 nitrogen and oxygen atoms in total. The van der Waals surface area contributed by atoms with Crippen molar-refractivity contribution in [1.29, 1.82) is 0 Å². The van der Waals surface area contributed by atoms with Crippen molar-refractivity contribution in [3.05, 3.63) is 80.3 Å². The van der Waals surface area contributed by atoms with Crippen LogP contribution in [0.4, 0.5) is 5.82 Å². The summed E-state index contributed by atoms with van der Waals surface area (Å²) in [5.74, 6) is -0.0677. The lowest BCUT2D eigenvalue weighted by Gasteiger charge is -2.27. The quantitative estimate of drug-likeness (QED) is 0.393. The minimum atomic E-state index is -0.383. The highest BCUT2D eigenvalue weighted by molar-refractivity contribution is 7.16. The smallest absolute Gasteiger partial charge is 0.283 e. The summed E-state index contributed by atoms with van der Waals surface area (Å²) >= 11 is 7.46. The first kappa shape index (κ1) is 24.0. The van der Waals surface area contributed by atoms with Gasteiger partial charge in [0.15, 0.2) is 0 Å². The Kier molecular flexibility index (Phi) is 7.03. The largest absolute Gasteiger partial charge is 0.472 e. The van der Waals surface area contributed by atoms with Crippen LogP contribution in [-0.2, 0) is 22.6 Å². The standard InChI is InChI=1S/C24H22ClN5O5S/c25-20-2-1-18(36-20)13-26-21-12-19(27-30(21)24(33)17-4-8-35-15-17)16-3-5-29(22(31)11-16)14-23(32)28-6-9-34-10-7-28/h1-5,8,11-12,15,26H,6-7,9-10,13-14H2. The molecule has 4 aromatic rings. The second kappa shape index (κ2) is 10.5. The fourth-order valence-electron chi connectivity index (χ4n) is 3.79. The fourth-order valence-corrected chi connectivity index (χ4v) is 4.82. The van der Waals surface area contributed by atoms with Crippen molar-refractivity contribution in [2.45, 2.75) is 13.1 Å². The number of hydrogen-bond donors (Lipinski definition) is 1. The Morgan fingerprint density at radius 1 is 1.14 bits per heavy atom. The Bertz CT molecular complexity index is 1440. The molecule has 5 rings (SSSR count). The number of furan rings is 1. The van der Waals surface area contributed by atoms with Crippen LogP contribution in [0.15, 0.2) is 64.3 Å². The van der Waals surface area contributed by atoms with E-state index < -0.39 is 0 Å². The Morgan fingerprint density at radius 2 is 1.97 bits per heavy atom. The Morgan fingerprint density at radius 3 is 2.67 bits per heavy atom. The zero-order valence-electron chi connectivity index (χ0n) is 19.1. The fraction of sp³-hybridized carbons (Fsp3) is 0.250. The molecule has 0 aromatic carbocycles. The summed E-state index contributed by atoms with van der Waals surface area (Å²) in [5, 5.41) is 7.68. The first-order chi connectivity index (χ1) is 17.5. The average molecular weight is 528 g/mol. The lowest BCUT2D eigenvalue weighted by atomic mass is 10.2. The van der Waals surface area contributed by atoms with E-state index in [0.717, 1.165) is 4.88 Å². The van der Waals surface area contributed by atoms with Gasteiger partial charge in [-0.25, -0.2) is 0 Å². The molecule has 0 saturated carbocycles. The van der Waals surface area contributed by atoms with E-state index in [2.05, 4.69) is 10.4 Å². The molecule has 12 heteroatoms. The summed E-state index contributed by atoms with van der Waals surface area (Å²) in [4.78, 5) is 41.0. The third kappa shape index (κ3) is 5.27. The first-order valence-corrected chi connectivity index (χ1v) is 12.4. The van der Waals surface area contributed by atoms with Gasteiger partial charge in [0.05, 0.1) is 41.6 Å². The number of amides is 1. The predicted molar refractivity (Wildman–Crippen MR) is 134 cm³/mol. The number of halogens is 1. The van der Waals surface area contributed by atoms with Crippen molar-refractivity contribution in [1.82, 2.24) is 19.2 Å². The molecule has 0 bridgehead atoms. The van der Waals surface area contributed by atoms with E-state index in [1.165, 1.54) is 39.2 Å². The summed E-state index contributed by atoms with van der Waals surface area (Å²) in [6, 6.07) is 10.1. The van der Waals surface area contributed by atoms with Gasteiger partial charge in [-0.15, -0.1) is 11.3 Å². The molecule has 36 heavy (non-hydrogen) atoms. The van der Waals surface area contributed by atoms with Gasteiger partial charge in [0, 0.05) is 41.9 Å². The first-order valence-electron chi connectivity index (χ1n) is 11.2. The molecule has 0 aliphatic carbocycles. The van der Waals surface area contributed by atoms with E-state index >= 15 is 0 Å². The van der Waals surface area contributed by atoms with Crippen LogP contribution >= 0.6 is 22.9 Å². The number of nitrogens with zero attached hydrogens (tertiary/aromatic N) is 4. The highest BCUT2D eigenvalue weighted by atomic mass is 35.5. The normalized spacial score (nSPS) is 13.6. The summed E-state index contributed by atoms with van der Waals surface area (Å²) in [6.07, 6.45) is 4.32. The summed E-state index contributed by atoms with van der Waals surface area (Å²) in [5.41, 5.74) is 0.954. The van der Waals surface area contributed by atoms with Gasteiger partial charge in [-0.1, -0.05) is 11.6 Å². The SMILES string of the molecule is O=C(Cn1ccc(-c2cc(NCc3ccc(Cl)s3)n(C(=O)c3ccoc3)n2)cc1=O)N1CCOCC1. The zero-order valence-corrected chi connectivity index (χ0v) is 20.6. The molecule has 186 valence electrons. The third-order valence-electron chi connectivity index (χ3n) is 5.70. The van der Waals surface area contributed by atoms with Gasteiger partial charge >= 0.3 is 0 Å². The molecule has 4 aromatic heterocycles. The van der Waals surface area contributed by atoms with E-state index in [-0.39, 0.29) is 23.9 Å². The van der Waals surface area contributed by atoms with Gasteiger partial charge in [-0.05, 0) is 24.3 Å². The van der Waals surface area contributed by atoms with Crippen LogP contribution in [-0.4, -0.2) is 57.4 Å². The van der Waals surface area contributed by atoms with Crippen molar-refractivity contribution in [3.63, 3.8) is 0 Å². The molecular formula is C24H22ClN5O5S. The lowest BCUT2D eigenvalue weighted by Crippen LogP contribution is -2.43. The molecule has 0 spiro atoms. The van der Waals surface area contributed by atoms with E-state index in [1.807, 2.05) is 6.07 Å². The maximum atomic E-state index is 13.0. The van der Waals surface area contributed by atoms with Crippen molar-refractivity contribution in [2.24, 2.45) is 0 Å². The van der Waals surface area contributed by atoms with Crippen LogP contribution in [0.25, 0.3) is 11.3 Å². The minimum Gasteiger partial charge on any atom is -0.472 e. The number of aromatic nitrogens is 3. The topological polar surface area (TPSA) is 112 Å². The molecule has 1 aliphatic rings. The van der Waals surface area contributed by atoms with Crippen LogP contribution in [0.2, 0.25) is 4.34 Å². The number of rotatable bonds is 7. The second-order valence-electron chi connectivity index (χ2n) is 8.08. The number of thiophene rings is 1. The third-order valence-corrected chi connectivity index (χ3v) is 6.93. The van der Waals surface area contributed by atoms with Crippen LogP contribution in [0.3, 0.4) is 0 Å². The van der Waals surface area contributed by atoms with E-state index in [9.17, 15) is 14.4 Å². The van der Waals surface area contributed by atoms with Gasteiger partial charge < -0.3 is 23.9 Å². The van der Waals surface area contributed by atoms with Crippen LogP contribution in [0.1, 0.15) is 15.2 Å². The molecule has 0 atom stereocenters. The number of hydrogen-bond acceptors (Lipinski definition) is 8. The van der Waals surface area contributed by atoms with E-state index in [0.29, 0.717) is 59.8 Å². The Balaban J connectivity index is 1.39. The molecule has 0 unspecified atom stereocenters. The number of ether oxygens (including phenoxy) is 1. The molecule has 1 amide bonds. The number of carbonyl (C=O) groups is 2. The number of pyridine rings is 1. The van der Waals surface area contributed by atoms with E-state index in [4.69, 9.17) is 20.8 Å². The van der Waals surface area contributed by atoms with Gasteiger partial charge in [-0.2, -0.15) is 9.78 Å². The molecule has 0 radical (unpaired) electrons. The van der Waals surface area contributed by atoms with Gasteiger partial charge in [0.25, 0.3) is 11.5 Å². The van der Waals surface area contributed by atoms with Gasteiger partial charge in [-0.3, -0.25) is 14.4 Å². The van der Waals surface area contributed by atoms with Crippen LogP contribution in [0.5, 0.6) is 0 Å². The molecule has 1 aliphatic heterocycles. The van der Waals surface area contributed by atoms with Crippen molar-refractivity contribution >= 4 is 40.6 Å². The van der Waals surface area contributed by atoms with Crippen LogP contribution < -0.4 is 10.9 Å². The number of anilines is 1. The maximum absolute atomic E-state index is 13.0. The van der Waals surface area contributed by atoms with Gasteiger partial charge in [0.1, 0.15) is 18.6 Å². The highest BCUT2D eigenvalue weighted by Crippen LogP contribution is 2.25. The van der Waals surface area contributed by atoms with Crippen molar-refractivity contribution < 1.29 is 18.7 Å². The highest BCUT2D eigenvalue weighted by Gasteiger charge is 2.20. The molecule has 5 heterocycles. The molecule has 1 fully saturated rings. The summed E-state index contributed by atoms with van der Waals surface area (Å²) < 4.78 is 13.6. The lowest BCUT2D eigenvalue weighted by molar-refractivity contribution is -0.135. The average Bonchev–Trinajstić information content (AvgIpc) is 3.65. The maximum Gasteiger partial charge on any atom is 0.283 e. The number of nitrogens with one attached hydrogen (secondary N) is 1. The molecule has 1 N–H and O–H groups in total. The predicted octanol–water partition coefficient (Wildman–Crippen LogP) is 3.18. The van der Waals surface area contributed by atoms with Crippen molar-refractivity contribution in [3.8, 4) is 11.3 Å². The van der Waals surface area contributed by atoms with Crippen molar-refractivity contribution in [2.75, 3.05) is 31.6 Å². The zero-order chi connectivity index (χ0) is 25.1. The number of carbonyl (C=O) groups excluding carboxylic acids is 2. The molecule has 1 saturated heterocycles. The van der Waals surface area contributed by atoms with Gasteiger partial charge in [0.2, 0.25) is 5.91 Å². The Labute approximate surface area is 214 Å². The van der Waals surface area contributed by atoms with Crippen LogP contribution in [0, 0.1) is 0 Å². The second-order valence-corrected chi connectivity index (χ2v) is 9.88. The minimum absolute atomic E-state index is 0.0529. The Hall–Kier alpha value is -3.67. The summed E-state index contributed by atoms with van der Waals surface area (Å²) in [7, 11) is 0. The monoisotopic (exact) mass is 527 g/mol.